The fourth-order valence-electron chi connectivity index (χ4n) is 2.27. The lowest BCUT2D eigenvalue weighted by Crippen LogP contribution is -2.27. The van der Waals surface area contributed by atoms with Crippen LogP contribution in [0.2, 0.25) is 0 Å². The van der Waals surface area contributed by atoms with E-state index in [1.807, 2.05) is 54.6 Å². The summed E-state index contributed by atoms with van der Waals surface area (Å²) in [5.74, 6) is 0.546. The minimum atomic E-state index is -0.205. The monoisotopic (exact) mass is 311 g/mol. The van der Waals surface area contributed by atoms with Gasteiger partial charge in [-0.1, -0.05) is 42.5 Å². The third kappa shape index (κ3) is 5.27. The molecule has 4 heteroatoms. The Bertz CT molecular complexity index is 653. The Hall–Kier alpha value is -2.59. The lowest BCUT2D eigenvalue weighted by molar-refractivity contribution is -0.117. The smallest absolute Gasteiger partial charge is 0.244 e. The van der Waals surface area contributed by atoms with E-state index in [9.17, 15) is 9.90 Å². The van der Waals surface area contributed by atoms with Gasteiger partial charge in [0, 0.05) is 12.7 Å². The van der Waals surface area contributed by atoms with E-state index in [0.717, 1.165) is 16.9 Å². The molecule has 2 N–H and O–H groups in total. The summed E-state index contributed by atoms with van der Waals surface area (Å²) in [4.78, 5) is 12.1. The number of nitrogens with one attached hydrogen (secondary N) is 1. The van der Waals surface area contributed by atoms with Gasteiger partial charge in [0.1, 0.15) is 5.75 Å². The van der Waals surface area contributed by atoms with Gasteiger partial charge in [-0.05, 0) is 35.8 Å². The van der Waals surface area contributed by atoms with Crippen LogP contribution in [-0.2, 0) is 4.79 Å². The van der Waals surface area contributed by atoms with Crippen LogP contribution in [0.25, 0.3) is 6.08 Å². The van der Waals surface area contributed by atoms with Gasteiger partial charge in [0.25, 0.3) is 0 Å². The molecule has 2 aromatic rings. The van der Waals surface area contributed by atoms with Gasteiger partial charge in [-0.25, -0.2) is 0 Å². The summed E-state index contributed by atoms with van der Waals surface area (Å²) < 4.78 is 5.15. The quantitative estimate of drug-likeness (QED) is 0.773. The molecule has 1 atom stereocenters. The minimum Gasteiger partial charge on any atom is -0.497 e. The molecule has 2 aromatic carbocycles. The number of rotatable bonds is 7. The molecule has 23 heavy (non-hydrogen) atoms. The van der Waals surface area contributed by atoms with E-state index in [4.69, 9.17) is 4.74 Å². The first kappa shape index (κ1) is 16.8. The van der Waals surface area contributed by atoms with Gasteiger partial charge in [-0.3, -0.25) is 4.79 Å². The van der Waals surface area contributed by atoms with E-state index < -0.39 is 0 Å². The van der Waals surface area contributed by atoms with Gasteiger partial charge in [0.15, 0.2) is 0 Å². The Labute approximate surface area is 136 Å². The van der Waals surface area contributed by atoms with Crippen LogP contribution >= 0.6 is 0 Å². The number of hydrogen-bond acceptors (Lipinski definition) is 3. The molecule has 0 radical (unpaired) electrons. The minimum absolute atomic E-state index is 0.0133. The fraction of sp³-hybridized carbons (Fsp3) is 0.211. The van der Waals surface area contributed by atoms with Gasteiger partial charge < -0.3 is 15.2 Å². The number of aliphatic hydroxyl groups is 1. The highest BCUT2D eigenvalue weighted by atomic mass is 16.5. The molecular formula is C19H21NO3. The molecule has 0 aliphatic carbocycles. The number of carbonyl (C=O) groups excluding carboxylic acids is 1. The van der Waals surface area contributed by atoms with Crippen molar-refractivity contribution in [2.75, 3.05) is 13.7 Å². The second kappa shape index (κ2) is 8.76. The van der Waals surface area contributed by atoms with Crippen LogP contribution in [0.3, 0.4) is 0 Å². The third-order valence-corrected chi connectivity index (χ3v) is 3.46. The topological polar surface area (TPSA) is 58.6 Å². The Kier molecular flexibility index (Phi) is 6.39. The Morgan fingerprint density at radius 3 is 2.70 bits per heavy atom. The van der Waals surface area contributed by atoms with E-state index in [-0.39, 0.29) is 18.6 Å². The summed E-state index contributed by atoms with van der Waals surface area (Å²) in [6.45, 7) is 0.0133. The van der Waals surface area contributed by atoms with E-state index >= 15 is 0 Å². The van der Waals surface area contributed by atoms with Crippen molar-refractivity contribution in [3.63, 3.8) is 0 Å². The van der Waals surface area contributed by atoms with Gasteiger partial charge >= 0.3 is 0 Å². The average molecular weight is 311 g/mol. The molecule has 120 valence electrons. The first-order valence-electron chi connectivity index (χ1n) is 7.51. The van der Waals surface area contributed by atoms with Crippen LogP contribution in [0.4, 0.5) is 0 Å². The zero-order valence-electron chi connectivity index (χ0n) is 13.1. The molecule has 0 aliphatic heterocycles. The molecule has 4 nitrogen and oxygen atoms in total. The van der Waals surface area contributed by atoms with Crippen molar-refractivity contribution in [3.05, 3.63) is 71.8 Å². The molecule has 0 spiro atoms. The average Bonchev–Trinajstić information content (AvgIpc) is 2.60. The molecule has 0 aromatic heterocycles. The molecule has 0 heterocycles. The van der Waals surface area contributed by atoms with Crippen LogP contribution in [0.5, 0.6) is 5.75 Å². The number of aliphatic hydroxyl groups excluding tert-OH is 1. The SMILES string of the molecule is COc1cccc(/C=C/C(=O)NC(CCO)c2ccccc2)c1. The third-order valence-electron chi connectivity index (χ3n) is 3.46. The Balaban J connectivity index is 2.02. The van der Waals surface area contributed by atoms with Crippen molar-refractivity contribution in [1.82, 2.24) is 5.32 Å². The number of ether oxygens (including phenoxy) is 1. The number of hydrogen-bond donors (Lipinski definition) is 2. The van der Waals surface area contributed by atoms with Crippen LogP contribution in [-0.4, -0.2) is 24.7 Å². The van der Waals surface area contributed by atoms with Crippen molar-refractivity contribution >= 4 is 12.0 Å². The first-order chi connectivity index (χ1) is 11.2. The van der Waals surface area contributed by atoms with E-state index in [2.05, 4.69) is 5.32 Å². The van der Waals surface area contributed by atoms with Crippen molar-refractivity contribution < 1.29 is 14.6 Å². The normalized spacial score (nSPS) is 12.1. The highest BCUT2D eigenvalue weighted by molar-refractivity contribution is 5.92. The zero-order chi connectivity index (χ0) is 16.5. The Morgan fingerprint density at radius 2 is 2.00 bits per heavy atom. The second-order valence-corrected chi connectivity index (χ2v) is 5.09. The summed E-state index contributed by atoms with van der Waals surface area (Å²) in [6.07, 6.45) is 3.70. The van der Waals surface area contributed by atoms with E-state index in [0.29, 0.717) is 6.42 Å². The highest BCUT2D eigenvalue weighted by Gasteiger charge is 2.12. The maximum Gasteiger partial charge on any atom is 0.244 e. The van der Waals surface area contributed by atoms with Crippen molar-refractivity contribution in [3.8, 4) is 5.75 Å². The van der Waals surface area contributed by atoms with E-state index in [1.165, 1.54) is 6.08 Å². The van der Waals surface area contributed by atoms with Crippen LogP contribution in [0.15, 0.2) is 60.7 Å². The van der Waals surface area contributed by atoms with Crippen molar-refractivity contribution in [2.45, 2.75) is 12.5 Å². The molecule has 0 bridgehead atoms. The molecule has 1 unspecified atom stereocenters. The lowest BCUT2D eigenvalue weighted by Gasteiger charge is -2.17. The highest BCUT2D eigenvalue weighted by Crippen LogP contribution is 2.16. The molecule has 0 aliphatic rings. The van der Waals surface area contributed by atoms with Crippen LogP contribution in [0, 0.1) is 0 Å². The molecule has 2 rings (SSSR count). The maximum absolute atomic E-state index is 12.1. The number of benzene rings is 2. The summed E-state index contributed by atoms with van der Waals surface area (Å²) in [5.41, 5.74) is 1.86. The predicted molar refractivity (Wildman–Crippen MR) is 91.1 cm³/mol. The van der Waals surface area contributed by atoms with Crippen LogP contribution in [0.1, 0.15) is 23.6 Å². The van der Waals surface area contributed by atoms with Gasteiger partial charge in [-0.15, -0.1) is 0 Å². The fourth-order valence-corrected chi connectivity index (χ4v) is 2.27. The molecule has 1 amide bonds. The van der Waals surface area contributed by atoms with Gasteiger partial charge in [0.2, 0.25) is 5.91 Å². The largest absolute Gasteiger partial charge is 0.497 e. The summed E-state index contributed by atoms with van der Waals surface area (Å²) in [5, 5.41) is 12.1. The first-order valence-corrected chi connectivity index (χ1v) is 7.51. The van der Waals surface area contributed by atoms with Gasteiger partial charge in [-0.2, -0.15) is 0 Å². The molecule has 0 fully saturated rings. The van der Waals surface area contributed by atoms with Crippen molar-refractivity contribution in [2.24, 2.45) is 0 Å². The number of methoxy groups -OCH3 is 1. The van der Waals surface area contributed by atoms with E-state index in [1.54, 1.807) is 13.2 Å². The summed E-state index contributed by atoms with van der Waals surface area (Å²) in [7, 11) is 1.61. The Morgan fingerprint density at radius 1 is 1.22 bits per heavy atom. The molecule has 0 saturated carbocycles. The van der Waals surface area contributed by atoms with Crippen molar-refractivity contribution in [1.29, 1.82) is 0 Å². The second-order valence-electron chi connectivity index (χ2n) is 5.09. The summed E-state index contributed by atoms with van der Waals surface area (Å²) in [6, 6.07) is 16.9. The predicted octanol–water partition coefficient (Wildman–Crippen LogP) is 2.95. The standard InChI is InChI=1S/C19H21NO3/c1-23-17-9-5-6-15(14-17)10-11-19(22)20-18(12-13-21)16-7-3-2-4-8-16/h2-11,14,18,21H,12-13H2,1H3,(H,20,22)/b11-10+. The van der Waals surface area contributed by atoms with Gasteiger partial charge in [0.05, 0.1) is 13.2 Å². The number of carbonyl (C=O) groups is 1. The lowest BCUT2D eigenvalue weighted by atomic mass is 10.0. The molecular weight excluding hydrogens is 290 g/mol. The molecule has 0 saturated heterocycles. The maximum atomic E-state index is 12.1. The zero-order valence-corrected chi connectivity index (χ0v) is 13.1. The number of amides is 1. The van der Waals surface area contributed by atoms with Crippen LogP contribution < -0.4 is 10.1 Å². The summed E-state index contributed by atoms with van der Waals surface area (Å²) >= 11 is 0.